The maximum absolute atomic E-state index is 11.2. The summed E-state index contributed by atoms with van der Waals surface area (Å²) >= 11 is 1.08. The van der Waals surface area contributed by atoms with Crippen LogP contribution in [0, 0.1) is 0 Å². The second-order valence-corrected chi connectivity index (χ2v) is 5.08. The highest BCUT2D eigenvalue weighted by Gasteiger charge is 2.29. The number of nitrogens with zero attached hydrogens (tertiary/aromatic N) is 1. The molecule has 0 radical (unpaired) electrons. The van der Waals surface area contributed by atoms with Crippen molar-refractivity contribution in [1.82, 2.24) is 0 Å². The molecule has 1 rings (SSSR count). The van der Waals surface area contributed by atoms with Crippen molar-refractivity contribution in [2.75, 3.05) is 6.61 Å². The predicted molar refractivity (Wildman–Crippen MR) is 70.0 cm³/mol. The zero-order valence-corrected chi connectivity index (χ0v) is 11.0. The topological polar surface area (TPSA) is 105 Å². The molecule has 0 saturated carbocycles. The number of carbonyl (C=O) groups is 1. The maximum atomic E-state index is 11.2. The molecule has 3 unspecified atom stereocenters. The van der Waals surface area contributed by atoms with E-state index in [0.717, 1.165) is 11.8 Å². The highest BCUT2D eigenvalue weighted by atomic mass is 32.2. The Hall–Kier alpha value is -0.890. The standard InChI is InChI=1S/C11H18N2O4S/c1-2-3-9(16)13-11(12)18-10-5-7(15)4-8(6-14)17-10/h2-3,7-8,10,14-15H,4-6H2,1H3,(H2,12,13,16)/b3-2+. The van der Waals surface area contributed by atoms with Crippen LogP contribution in [0.5, 0.6) is 0 Å². The van der Waals surface area contributed by atoms with Crippen LogP contribution in [0.15, 0.2) is 17.1 Å². The van der Waals surface area contributed by atoms with E-state index in [1.807, 2.05) is 0 Å². The molecule has 3 atom stereocenters. The molecule has 1 fully saturated rings. The first kappa shape index (κ1) is 15.2. The molecular weight excluding hydrogens is 256 g/mol. The van der Waals surface area contributed by atoms with E-state index in [1.165, 1.54) is 6.08 Å². The Morgan fingerprint density at radius 1 is 1.61 bits per heavy atom. The molecule has 0 aromatic rings. The number of aliphatic hydroxyl groups is 2. The molecule has 1 saturated heterocycles. The van der Waals surface area contributed by atoms with Crippen molar-refractivity contribution in [3.63, 3.8) is 0 Å². The van der Waals surface area contributed by atoms with Crippen molar-refractivity contribution in [3.05, 3.63) is 12.2 Å². The van der Waals surface area contributed by atoms with Gasteiger partial charge in [0.05, 0.1) is 18.8 Å². The zero-order valence-electron chi connectivity index (χ0n) is 10.2. The lowest BCUT2D eigenvalue weighted by molar-refractivity contribution is -0.113. The smallest absolute Gasteiger partial charge is 0.271 e. The molecule has 0 spiro atoms. The van der Waals surface area contributed by atoms with Crippen molar-refractivity contribution in [2.45, 2.75) is 37.4 Å². The SMILES string of the molecule is C/C=C/C(=O)N=C(N)SC1CC(O)CC(CO)O1. The second kappa shape index (κ2) is 7.52. The van der Waals surface area contributed by atoms with E-state index in [4.69, 9.17) is 15.6 Å². The summed E-state index contributed by atoms with van der Waals surface area (Å²) in [6.07, 6.45) is 2.75. The minimum Gasteiger partial charge on any atom is -0.394 e. The molecule has 102 valence electrons. The summed E-state index contributed by atoms with van der Waals surface area (Å²) in [6.45, 7) is 1.56. The number of rotatable bonds is 3. The lowest BCUT2D eigenvalue weighted by Gasteiger charge is -2.31. The van der Waals surface area contributed by atoms with E-state index in [9.17, 15) is 9.90 Å². The first-order valence-electron chi connectivity index (χ1n) is 5.67. The van der Waals surface area contributed by atoms with Gasteiger partial charge in [0.15, 0.2) is 5.17 Å². The van der Waals surface area contributed by atoms with Crippen molar-refractivity contribution in [2.24, 2.45) is 10.7 Å². The minimum atomic E-state index is -0.535. The summed E-state index contributed by atoms with van der Waals surface area (Å²) < 4.78 is 5.48. The summed E-state index contributed by atoms with van der Waals surface area (Å²) in [5.74, 6) is -0.433. The number of aliphatic hydroxyl groups excluding tert-OH is 2. The largest absolute Gasteiger partial charge is 0.394 e. The number of hydrogen-bond acceptors (Lipinski definition) is 5. The number of amidine groups is 1. The summed E-state index contributed by atoms with van der Waals surface area (Å²) in [6, 6.07) is 0. The van der Waals surface area contributed by atoms with Crippen molar-refractivity contribution in [3.8, 4) is 0 Å². The number of ether oxygens (including phenoxy) is 1. The molecule has 1 amide bonds. The highest BCUT2D eigenvalue weighted by molar-refractivity contribution is 8.14. The molecule has 0 aromatic carbocycles. The van der Waals surface area contributed by atoms with E-state index in [0.29, 0.717) is 12.8 Å². The molecule has 6 nitrogen and oxygen atoms in total. The molecule has 0 aliphatic carbocycles. The number of carbonyl (C=O) groups excluding carboxylic acids is 1. The normalized spacial score (nSPS) is 29.7. The van der Waals surface area contributed by atoms with Gasteiger partial charge in [0, 0.05) is 18.9 Å². The number of allylic oxidation sites excluding steroid dienone is 1. The van der Waals surface area contributed by atoms with Gasteiger partial charge in [0.25, 0.3) is 5.91 Å². The van der Waals surface area contributed by atoms with Crippen molar-refractivity contribution in [1.29, 1.82) is 0 Å². The monoisotopic (exact) mass is 274 g/mol. The highest BCUT2D eigenvalue weighted by Crippen LogP contribution is 2.27. The predicted octanol–water partition coefficient (Wildman–Crippen LogP) is -0.00470. The van der Waals surface area contributed by atoms with Crippen LogP contribution in [-0.4, -0.2) is 45.5 Å². The lowest BCUT2D eigenvalue weighted by atomic mass is 10.1. The Morgan fingerprint density at radius 3 is 2.94 bits per heavy atom. The Kier molecular flexibility index (Phi) is 6.34. The van der Waals surface area contributed by atoms with Crippen LogP contribution >= 0.6 is 11.8 Å². The third-order valence-corrected chi connectivity index (χ3v) is 3.23. The summed E-state index contributed by atoms with van der Waals surface area (Å²) in [7, 11) is 0. The van der Waals surface area contributed by atoms with Gasteiger partial charge in [0.2, 0.25) is 0 Å². The first-order chi connectivity index (χ1) is 8.55. The molecular formula is C11H18N2O4S. The fourth-order valence-corrected chi connectivity index (χ4v) is 2.53. The second-order valence-electron chi connectivity index (χ2n) is 3.90. The van der Waals surface area contributed by atoms with Crippen LogP contribution in [0.25, 0.3) is 0 Å². The van der Waals surface area contributed by atoms with Gasteiger partial charge < -0.3 is 20.7 Å². The van der Waals surface area contributed by atoms with Gasteiger partial charge in [-0.25, -0.2) is 0 Å². The zero-order chi connectivity index (χ0) is 13.5. The summed E-state index contributed by atoms with van der Waals surface area (Å²) in [5, 5.41) is 18.7. The first-order valence-corrected chi connectivity index (χ1v) is 6.55. The van der Waals surface area contributed by atoms with E-state index in [1.54, 1.807) is 13.0 Å². The molecule has 1 aliphatic rings. The molecule has 1 heterocycles. The molecule has 0 aromatic heterocycles. The van der Waals surface area contributed by atoms with Gasteiger partial charge in [-0.15, -0.1) is 0 Å². The van der Waals surface area contributed by atoms with E-state index >= 15 is 0 Å². The van der Waals surface area contributed by atoms with Gasteiger partial charge in [-0.05, 0) is 6.92 Å². The van der Waals surface area contributed by atoms with Crippen molar-refractivity contribution < 1.29 is 19.7 Å². The van der Waals surface area contributed by atoms with E-state index < -0.39 is 23.6 Å². The van der Waals surface area contributed by atoms with Crippen LogP contribution in [0.4, 0.5) is 0 Å². The fraction of sp³-hybridized carbons (Fsp3) is 0.636. The Balaban J connectivity index is 2.53. The number of thioether (sulfide) groups is 1. The number of amides is 1. The maximum Gasteiger partial charge on any atom is 0.271 e. The third kappa shape index (κ3) is 5.18. The van der Waals surface area contributed by atoms with Crippen molar-refractivity contribution >= 4 is 22.8 Å². The van der Waals surface area contributed by atoms with Crippen LogP contribution in [0.3, 0.4) is 0 Å². The van der Waals surface area contributed by atoms with Crippen LogP contribution < -0.4 is 5.73 Å². The average molecular weight is 274 g/mol. The summed E-state index contributed by atoms with van der Waals surface area (Å²) in [4.78, 5) is 14.8. The molecule has 7 heteroatoms. The molecule has 18 heavy (non-hydrogen) atoms. The van der Waals surface area contributed by atoms with Crippen LogP contribution in [0.2, 0.25) is 0 Å². The minimum absolute atomic E-state index is 0.0916. The summed E-state index contributed by atoms with van der Waals surface area (Å²) in [5.41, 5.74) is 5.21. The van der Waals surface area contributed by atoms with Gasteiger partial charge in [-0.1, -0.05) is 17.8 Å². The average Bonchev–Trinajstić information content (AvgIpc) is 2.27. The number of nitrogens with two attached hydrogens (primary N) is 1. The molecule has 1 aliphatic heterocycles. The van der Waals surface area contributed by atoms with Gasteiger partial charge in [0.1, 0.15) is 5.44 Å². The number of hydrogen-bond donors (Lipinski definition) is 3. The Morgan fingerprint density at radius 2 is 2.33 bits per heavy atom. The third-order valence-electron chi connectivity index (χ3n) is 2.33. The molecule has 0 bridgehead atoms. The van der Waals surface area contributed by atoms with E-state index in [-0.39, 0.29) is 11.8 Å². The van der Waals surface area contributed by atoms with Gasteiger partial charge in [-0.3, -0.25) is 4.79 Å². The lowest BCUT2D eigenvalue weighted by Crippen LogP contribution is -2.37. The Labute approximate surface area is 110 Å². The van der Waals surface area contributed by atoms with Gasteiger partial charge in [-0.2, -0.15) is 4.99 Å². The quantitative estimate of drug-likeness (QED) is 0.380. The van der Waals surface area contributed by atoms with E-state index in [2.05, 4.69) is 4.99 Å². The van der Waals surface area contributed by atoms with Gasteiger partial charge >= 0.3 is 0 Å². The fourth-order valence-electron chi connectivity index (χ4n) is 1.59. The van der Waals surface area contributed by atoms with Crippen LogP contribution in [0.1, 0.15) is 19.8 Å². The Bertz CT molecular complexity index is 346. The number of aliphatic imine (C=N–C) groups is 1. The molecule has 4 N–H and O–H groups in total. The van der Waals surface area contributed by atoms with Crippen LogP contribution in [-0.2, 0) is 9.53 Å².